The molecule has 0 aliphatic carbocycles. The van der Waals surface area contributed by atoms with Crippen molar-refractivity contribution in [3.05, 3.63) is 0 Å². The van der Waals surface area contributed by atoms with Crippen LogP contribution in [-0.4, -0.2) is 385 Å². The van der Waals surface area contributed by atoms with E-state index in [4.69, 9.17) is 56.8 Å². The second-order valence-electron chi connectivity index (χ2n) is 25.7. The van der Waals surface area contributed by atoms with E-state index in [1.807, 2.05) is 27.7 Å². The molecule has 4 amide bonds. The highest BCUT2D eigenvalue weighted by Gasteiger charge is 2.46. The van der Waals surface area contributed by atoms with Crippen molar-refractivity contribution in [2.75, 3.05) is 145 Å². The van der Waals surface area contributed by atoms with Crippen molar-refractivity contribution in [2.45, 2.75) is 257 Å². The summed E-state index contributed by atoms with van der Waals surface area (Å²) in [4.78, 5) is 102. The Morgan fingerprint density at radius 2 is 0.593 bits per heavy atom. The van der Waals surface area contributed by atoms with Gasteiger partial charge < -0.3 is 139 Å². The molecule has 38 heteroatoms. The van der Waals surface area contributed by atoms with Gasteiger partial charge in [-0.05, 0) is 60.3 Å². The van der Waals surface area contributed by atoms with Crippen molar-refractivity contribution in [2.24, 2.45) is 0 Å². The van der Waals surface area contributed by atoms with Gasteiger partial charge in [0.15, 0.2) is 25.2 Å². The maximum atomic E-state index is 12.9. The Balaban J connectivity index is 0.00000204. The van der Waals surface area contributed by atoms with Gasteiger partial charge in [0.2, 0.25) is 23.6 Å². The van der Waals surface area contributed by atoms with E-state index < -0.39 is 141 Å². The van der Waals surface area contributed by atoms with E-state index in [9.17, 15) is 99.6 Å². The Hall–Kier alpha value is -4.48. The van der Waals surface area contributed by atoms with Crippen LogP contribution in [0.25, 0.3) is 0 Å². The Morgan fingerprint density at radius 3 is 0.926 bits per heavy atom. The minimum Gasteiger partial charge on any atom is -0.388 e. The highest BCUT2D eigenvalue weighted by Crippen LogP contribution is 2.25. The van der Waals surface area contributed by atoms with Gasteiger partial charge >= 0.3 is 0 Å². The van der Waals surface area contributed by atoms with Gasteiger partial charge in [-0.2, -0.15) is 0 Å². The van der Waals surface area contributed by atoms with Crippen molar-refractivity contribution in [3.63, 3.8) is 0 Å². The first-order chi connectivity index (χ1) is 50.5. The zero-order valence-electron chi connectivity index (χ0n) is 62.6. The van der Waals surface area contributed by atoms with Gasteiger partial charge in [-0.25, -0.2) is 0 Å². The third kappa shape index (κ3) is 41.3. The number of amides is 4. The molecule has 0 saturated carbocycles. The Morgan fingerprint density at radius 1 is 0.306 bits per heavy atom. The second kappa shape index (κ2) is 59.3. The smallest absolute Gasteiger partial charge is 0.234 e. The molecule has 16 N–H and O–H groups in total. The van der Waals surface area contributed by atoms with Crippen molar-refractivity contribution < 1.29 is 156 Å². The standard InChI is InChI=1S/C35H61NO16.C31H57N5O16.C2H6.2CH4/c1-4-8-24(37)12-16-48-18-17-47-13-5-9-25(38)19-36(20-26(39)10-6-14-49-34-32(45)30(43)28(41)22(2)51-34)21-27(40)11-7-15-50-35-33(46)31(44)29(42)23(3)52-35;1-4-32-20(37)5-9-47-13-14-48-10-6-33-21(38)15-36(16-22(39)34-7-11-49-30-28(45)26(43)24(41)18(2)51-30)17-23(40)35-8-12-50-31-29(46)27(44)25(42)19(3)52-31;1-2;;/h22-23,28-35,41-46H,4-21H2,1-3H3;18-19,24-31,41-46H,4-17H2,1-3H3,(H,32,37)(H,33,38)(H,34,39)(H,35,40);1-2H3;2*1H4/t22-,23-,28+,29+,30+,31+,32-,33-,34+,35+;18-,19-,24+,25+,26+,27+,28-,29-,30+,31+;;;/m00.../s1. The number of hydrogen-bond donors (Lipinski definition) is 16. The molecule has 38 nitrogen and oxygen atoms in total. The zero-order chi connectivity index (χ0) is 79.3. The monoisotopic (exact) mass is 1570 g/mol. The lowest BCUT2D eigenvalue weighted by Crippen LogP contribution is -2.57. The van der Waals surface area contributed by atoms with Gasteiger partial charge in [0.1, 0.15) is 96.4 Å². The molecule has 0 spiro atoms. The molecule has 0 radical (unpaired) electrons. The number of carbonyl (C=O) groups is 8. The fraction of sp³-hybridized carbons (Fsp3) is 0.886. The molecule has 4 aliphatic heterocycles. The number of hydrogen-bond acceptors (Lipinski definition) is 34. The van der Waals surface area contributed by atoms with Crippen LogP contribution in [0, 0.1) is 0 Å². The lowest BCUT2D eigenvalue weighted by molar-refractivity contribution is -0.293. The summed E-state index contributed by atoms with van der Waals surface area (Å²) in [5, 5.41) is 130. The Kier molecular flexibility index (Phi) is 56.8. The van der Waals surface area contributed by atoms with Crippen molar-refractivity contribution >= 4 is 46.8 Å². The molecule has 4 heterocycles. The number of Topliss-reactive ketones (excluding diaryl/α,β-unsaturated/α-hetero) is 4. The van der Waals surface area contributed by atoms with E-state index in [0.717, 1.165) is 6.42 Å². The molecular formula is C70H132N6O32. The average Bonchev–Trinajstić information content (AvgIpc) is 0.845. The molecule has 20 atom stereocenters. The van der Waals surface area contributed by atoms with E-state index in [2.05, 4.69) is 21.3 Å². The van der Waals surface area contributed by atoms with Crippen molar-refractivity contribution in [1.82, 2.24) is 31.1 Å². The highest BCUT2D eigenvalue weighted by molar-refractivity contribution is 5.86. The number of ketones is 4. The van der Waals surface area contributed by atoms with Crippen LogP contribution in [0.3, 0.4) is 0 Å². The summed E-state index contributed by atoms with van der Waals surface area (Å²) in [6.07, 6.45) is -21.7. The van der Waals surface area contributed by atoms with Crippen LogP contribution < -0.4 is 21.3 Å². The van der Waals surface area contributed by atoms with E-state index in [1.165, 1.54) is 37.5 Å². The third-order valence-corrected chi connectivity index (χ3v) is 16.7. The van der Waals surface area contributed by atoms with Crippen LogP contribution >= 0.6 is 0 Å². The SMILES string of the molecule is C.C.CC.CCCC(=O)CCOCCOCCCC(=O)CN(CC(=O)CCCO[C@@H]1O[C@@H](C)[C@@H](O)[C@@H](O)[C@@H]1O)CC(=O)CCCO[C@@H]1O[C@@H](C)[C@@H](O)[C@@H](O)[C@@H]1O.CCNC(=O)CCOCCOCCNC(=O)CN(CC(=O)NCCO[C@@H]1O[C@@H](C)[C@@H](O)[C@@H](O)[C@@H]1O)CC(=O)NCCO[C@@H]1O[C@@H](C)[C@@H](O)[C@@H](O)[C@@H]1O. The lowest BCUT2D eigenvalue weighted by atomic mass is 10.00. The van der Waals surface area contributed by atoms with Gasteiger partial charge in [0.05, 0.1) is 136 Å². The summed E-state index contributed by atoms with van der Waals surface area (Å²) in [5.41, 5.74) is 0. The second-order valence-corrected chi connectivity index (χ2v) is 25.7. The zero-order valence-corrected chi connectivity index (χ0v) is 62.6. The third-order valence-electron chi connectivity index (χ3n) is 16.7. The molecule has 4 saturated heterocycles. The van der Waals surface area contributed by atoms with Gasteiger partial charge in [-0.3, -0.25) is 48.2 Å². The van der Waals surface area contributed by atoms with Crippen LogP contribution in [0.4, 0.5) is 0 Å². The first-order valence-corrected chi connectivity index (χ1v) is 36.6. The highest BCUT2D eigenvalue weighted by atomic mass is 16.7. The number of ether oxygens (including phenoxy) is 12. The van der Waals surface area contributed by atoms with E-state index >= 15 is 0 Å². The van der Waals surface area contributed by atoms with E-state index in [-0.39, 0.29) is 194 Å². The quantitative estimate of drug-likeness (QED) is 0.0254. The minimum absolute atomic E-state index is 0. The summed E-state index contributed by atoms with van der Waals surface area (Å²) in [6, 6.07) is 0. The topological polar surface area (TPSA) is 545 Å². The summed E-state index contributed by atoms with van der Waals surface area (Å²) in [7, 11) is 0. The van der Waals surface area contributed by atoms with E-state index in [1.54, 1.807) is 0 Å². The maximum absolute atomic E-state index is 12.9. The van der Waals surface area contributed by atoms with Crippen LogP contribution in [0.5, 0.6) is 0 Å². The van der Waals surface area contributed by atoms with Crippen LogP contribution in [0.2, 0.25) is 0 Å². The summed E-state index contributed by atoms with van der Waals surface area (Å²) in [5.74, 6) is -2.24. The van der Waals surface area contributed by atoms with Crippen molar-refractivity contribution in [1.29, 1.82) is 0 Å². The largest absolute Gasteiger partial charge is 0.388 e. The van der Waals surface area contributed by atoms with Gasteiger partial charge in [-0.1, -0.05) is 35.6 Å². The fourth-order valence-corrected chi connectivity index (χ4v) is 10.7. The Labute approximate surface area is 634 Å². The van der Waals surface area contributed by atoms with Crippen LogP contribution in [-0.2, 0) is 95.2 Å². The molecule has 4 rings (SSSR count). The predicted octanol–water partition coefficient (Wildman–Crippen LogP) is -5.00. The summed E-state index contributed by atoms with van der Waals surface area (Å²) >= 11 is 0. The van der Waals surface area contributed by atoms with E-state index in [0.29, 0.717) is 52.2 Å². The number of nitrogens with zero attached hydrogens (tertiary/aromatic N) is 2. The van der Waals surface area contributed by atoms with Gasteiger partial charge in [0, 0.05) is 71.3 Å². The molecule has 0 bridgehead atoms. The fourth-order valence-electron chi connectivity index (χ4n) is 10.7. The molecule has 4 aliphatic rings. The molecular weight excluding hydrogens is 1440 g/mol. The first-order valence-electron chi connectivity index (χ1n) is 36.6. The molecule has 0 aromatic rings. The molecule has 0 aromatic carbocycles. The average molecular weight is 1570 g/mol. The normalized spacial score (nSPS) is 28.2. The van der Waals surface area contributed by atoms with Crippen LogP contribution in [0.15, 0.2) is 0 Å². The number of rotatable bonds is 52. The maximum Gasteiger partial charge on any atom is 0.234 e. The first kappa shape index (κ1) is 104. The summed E-state index contributed by atoms with van der Waals surface area (Å²) in [6.45, 7) is 14.8. The van der Waals surface area contributed by atoms with Gasteiger partial charge in [0.25, 0.3) is 0 Å². The number of aliphatic hydroxyl groups is 12. The predicted molar refractivity (Wildman–Crippen MR) is 384 cm³/mol. The number of aliphatic hydroxyl groups excluding tert-OH is 12. The molecule has 4 fully saturated rings. The Bertz CT molecular complexity index is 2200. The molecule has 634 valence electrons. The van der Waals surface area contributed by atoms with Crippen LogP contribution in [0.1, 0.15) is 134 Å². The van der Waals surface area contributed by atoms with Gasteiger partial charge in [-0.15, -0.1) is 0 Å². The molecule has 0 unspecified atom stereocenters. The lowest BCUT2D eigenvalue weighted by Gasteiger charge is -2.38. The van der Waals surface area contributed by atoms with Crippen molar-refractivity contribution in [3.8, 4) is 0 Å². The number of nitrogens with one attached hydrogen (secondary N) is 4. The molecule has 0 aromatic heterocycles. The number of carbonyl (C=O) groups excluding carboxylic acids is 8. The molecule has 108 heavy (non-hydrogen) atoms. The summed E-state index contributed by atoms with van der Waals surface area (Å²) < 4.78 is 64.9. The minimum atomic E-state index is -1.51.